The molecule has 0 aliphatic carbocycles. The lowest BCUT2D eigenvalue weighted by Gasteiger charge is -2.07. The largest absolute Gasteiger partial charge is 0.465 e. The first-order valence-electron chi connectivity index (χ1n) is 6.87. The molecule has 0 bridgehead atoms. The molecule has 0 aromatic rings. The molecule has 0 fully saturated rings. The molecule has 2 amide bonds. The molecule has 0 rings (SSSR count). The second-order valence-electron chi connectivity index (χ2n) is 3.91. The van der Waals surface area contributed by atoms with E-state index in [1.165, 1.54) is 0 Å². The van der Waals surface area contributed by atoms with Crippen LogP contribution < -0.4 is 10.6 Å². The average molecular weight is 324 g/mol. The Labute approximate surface area is 128 Å². The number of hydrogen-bond acceptors (Lipinski definition) is 6. The van der Waals surface area contributed by atoms with E-state index in [4.69, 9.17) is 29.2 Å². The molecule has 4 N–H and O–H groups in total. The van der Waals surface area contributed by atoms with Crippen LogP contribution in [0, 0.1) is 0 Å². The molecule has 10 nitrogen and oxygen atoms in total. The smallest absolute Gasteiger partial charge is 0.404 e. The topological polar surface area (TPSA) is 136 Å². The van der Waals surface area contributed by atoms with E-state index in [0.29, 0.717) is 52.9 Å². The summed E-state index contributed by atoms with van der Waals surface area (Å²) in [5.74, 6) is 0. The highest BCUT2D eigenvalue weighted by Gasteiger charge is 1.95. The number of carboxylic acid groups (broad SMARTS) is 2. The lowest BCUT2D eigenvalue weighted by Crippen LogP contribution is -2.25. The van der Waals surface area contributed by atoms with Crippen LogP contribution in [0.1, 0.15) is 0 Å². The van der Waals surface area contributed by atoms with E-state index >= 15 is 0 Å². The van der Waals surface area contributed by atoms with Crippen molar-refractivity contribution in [1.29, 1.82) is 0 Å². The quantitative estimate of drug-likeness (QED) is 0.298. The molecule has 0 saturated carbocycles. The number of carbonyl (C=O) groups is 2. The molecule has 0 aliphatic rings. The van der Waals surface area contributed by atoms with E-state index < -0.39 is 12.2 Å². The predicted molar refractivity (Wildman–Crippen MR) is 75.3 cm³/mol. The Kier molecular flexibility index (Phi) is 14.6. The van der Waals surface area contributed by atoms with Gasteiger partial charge in [0.25, 0.3) is 0 Å². The predicted octanol–water partition coefficient (Wildman–Crippen LogP) is -0.412. The van der Waals surface area contributed by atoms with Crippen LogP contribution in [-0.4, -0.2) is 88.3 Å². The fourth-order valence-electron chi connectivity index (χ4n) is 1.22. The van der Waals surface area contributed by atoms with Gasteiger partial charge in [-0.25, -0.2) is 9.59 Å². The first-order chi connectivity index (χ1) is 10.6. The average Bonchev–Trinajstić information content (AvgIpc) is 2.46. The summed E-state index contributed by atoms with van der Waals surface area (Å²) in [5.41, 5.74) is 0. The summed E-state index contributed by atoms with van der Waals surface area (Å²) >= 11 is 0. The van der Waals surface area contributed by atoms with Crippen molar-refractivity contribution in [2.24, 2.45) is 0 Å². The number of ether oxygens (including phenoxy) is 4. The standard InChI is InChI=1S/C12H24N2O8/c15-11(16)13-1-3-19-5-7-21-9-10-22-8-6-20-4-2-14-12(17)18/h13-14H,1-10H2,(H,15,16)(H,17,18). The van der Waals surface area contributed by atoms with Crippen LogP contribution in [0.4, 0.5) is 9.59 Å². The van der Waals surface area contributed by atoms with Crippen molar-refractivity contribution < 1.29 is 38.7 Å². The lowest BCUT2D eigenvalue weighted by atomic mass is 10.6. The lowest BCUT2D eigenvalue weighted by molar-refractivity contribution is -0.000967. The fourth-order valence-corrected chi connectivity index (χ4v) is 1.22. The molecule has 0 aromatic heterocycles. The van der Waals surface area contributed by atoms with Crippen molar-refractivity contribution >= 4 is 12.2 Å². The first kappa shape index (κ1) is 20.4. The van der Waals surface area contributed by atoms with E-state index in [1.54, 1.807) is 0 Å². The van der Waals surface area contributed by atoms with Crippen LogP contribution >= 0.6 is 0 Å². The molecular weight excluding hydrogens is 300 g/mol. The van der Waals surface area contributed by atoms with Gasteiger partial charge in [0.1, 0.15) is 0 Å². The van der Waals surface area contributed by atoms with Gasteiger partial charge in [-0.3, -0.25) is 0 Å². The molecule has 0 saturated heterocycles. The van der Waals surface area contributed by atoms with Crippen molar-refractivity contribution in [2.45, 2.75) is 0 Å². The zero-order valence-electron chi connectivity index (χ0n) is 12.4. The van der Waals surface area contributed by atoms with Gasteiger partial charge in [-0.2, -0.15) is 0 Å². The molecule has 0 aliphatic heterocycles. The maximum absolute atomic E-state index is 10.1. The third-order valence-electron chi connectivity index (χ3n) is 2.16. The molecule has 0 radical (unpaired) electrons. The number of hydrogen-bond donors (Lipinski definition) is 4. The fraction of sp³-hybridized carbons (Fsp3) is 0.833. The second kappa shape index (κ2) is 15.8. The van der Waals surface area contributed by atoms with Crippen molar-refractivity contribution in [3.8, 4) is 0 Å². The third-order valence-corrected chi connectivity index (χ3v) is 2.16. The van der Waals surface area contributed by atoms with Crippen molar-refractivity contribution in [3.63, 3.8) is 0 Å². The van der Waals surface area contributed by atoms with Gasteiger partial charge in [0.15, 0.2) is 0 Å². The van der Waals surface area contributed by atoms with Gasteiger partial charge in [0, 0.05) is 13.1 Å². The zero-order chi connectivity index (χ0) is 16.5. The van der Waals surface area contributed by atoms with Gasteiger partial charge in [-0.1, -0.05) is 0 Å². The number of rotatable bonds is 15. The van der Waals surface area contributed by atoms with E-state index in [0.717, 1.165) is 0 Å². The maximum atomic E-state index is 10.1. The minimum absolute atomic E-state index is 0.250. The van der Waals surface area contributed by atoms with Crippen LogP contribution in [0.25, 0.3) is 0 Å². The molecule has 0 heterocycles. The van der Waals surface area contributed by atoms with Crippen molar-refractivity contribution in [2.75, 3.05) is 65.9 Å². The summed E-state index contributed by atoms with van der Waals surface area (Å²) in [4.78, 5) is 20.2. The summed E-state index contributed by atoms with van der Waals surface area (Å²) in [6.07, 6.45) is -2.14. The molecule has 130 valence electrons. The summed E-state index contributed by atoms with van der Waals surface area (Å²) in [5, 5.41) is 21.0. The van der Waals surface area contributed by atoms with Gasteiger partial charge < -0.3 is 39.8 Å². The minimum Gasteiger partial charge on any atom is -0.465 e. The normalized spacial score (nSPS) is 10.4. The highest BCUT2D eigenvalue weighted by molar-refractivity contribution is 5.64. The minimum atomic E-state index is -1.07. The summed E-state index contributed by atoms with van der Waals surface area (Å²) < 4.78 is 20.7. The second-order valence-corrected chi connectivity index (χ2v) is 3.91. The van der Waals surface area contributed by atoms with Crippen LogP contribution in [0.2, 0.25) is 0 Å². The Morgan fingerprint density at radius 1 is 0.591 bits per heavy atom. The van der Waals surface area contributed by atoms with Gasteiger partial charge in [0.2, 0.25) is 0 Å². The zero-order valence-corrected chi connectivity index (χ0v) is 12.4. The Balaban J connectivity index is 2.99. The Morgan fingerprint density at radius 2 is 0.864 bits per heavy atom. The van der Waals surface area contributed by atoms with Gasteiger partial charge >= 0.3 is 12.2 Å². The Hall–Kier alpha value is -1.62. The van der Waals surface area contributed by atoms with E-state index in [-0.39, 0.29) is 13.1 Å². The summed E-state index contributed by atoms with van der Waals surface area (Å²) in [6, 6.07) is 0. The number of nitrogens with one attached hydrogen (secondary N) is 2. The van der Waals surface area contributed by atoms with E-state index in [9.17, 15) is 9.59 Å². The molecule has 22 heavy (non-hydrogen) atoms. The molecule has 0 unspecified atom stereocenters. The number of amides is 2. The van der Waals surface area contributed by atoms with Crippen LogP contribution in [0.3, 0.4) is 0 Å². The Bertz CT molecular complexity index is 262. The molecule has 0 aromatic carbocycles. The highest BCUT2D eigenvalue weighted by Crippen LogP contribution is 1.82. The molecule has 0 spiro atoms. The molecular formula is C12H24N2O8. The van der Waals surface area contributed by atoms with E-state index in [1.807, 2.05) is 0 Å². The van der Waals surface area contributed by atoms with Crippen molar-refractivity contribution in [1.82, 2.24) is 10.6 Å². The van der Waals surface area contributed by atoms with Crippen LogP contribution in [0.5, 0.6) is 0 Å². The van der Waals surface area contributed by atoms with E-state index in [2.05, 4.69) is 10.6 Å². The summed E-state index contributed by atoms with van der Waals surface area (Å²) in [6.45, 7) is 3.57. The van der Waals surface area contributed by atoms with Gasteiger partial charge in [-0.05, 0) is 0 Å². The molecule has 10 heteroatoms. The highest BCUT2D eigenvalue weighted by atomic mass is 16.6. The van der Waals surface area contributed by atoms with Gasteiger partial charge in [0.05, 0.1) is 52.9 Å². The first-order valence-corrected chi connectivity index (χ1v) is 6.87. The monoisotopic (exact) mass is 324 g/mol. The summed E-state index contributed by atoms with van der Waals surface area (Å²) in [7, 11) is 0. The van der Waals surface area contributed by atoms with Crippen molar-refractivity contribution in [3.05, 3.63) is 0 Å². The SMILES string of the molecule is O=C(O)NCCOCCOCCOCCOCCNC(=O)O. The maximum Gasteiger partial charge on any atom is 0.404 e. The molecule has 0 atom stereocenters. The van der Waals surface area contributed by atoms with Crippen LogP contribution in [-0.2, 0) is 18.9 Å². The van der Waals surface area contributed by atoms with Gasteiger partial charge in [-0.15, -0.1) is 0 Å². The van der Waals surface area contributed by atoms with Crippen LogP contribution in [0.15, 0.2) is 0 Å². The Morgan fingerprint density at radius 3 is 1.14 bits per heavy atom. The third kappa shape index (κ3) is 18.4.